The molecule has 4 aromatic carbocycles. The van der Waals surface area contributed by atoms with Gasteiger partial charge in [-0.1, -0.05) is 30.3 Å². The van der Waals surface area contributed by atoms with Gasteiger partial charge in [-0.2, -0.15) is 0 Å². The standard InChI is InChI=1S/C27H13NO4/c29-25-14-6-1-3-10-20(14)28-21-12-19-23(32-22-11-4-2-7-15(22)26(19)30)13-18(21)27(31)17-9-5-8-16(25)24(17)28/h1-13H. The molecule has 0 N–H and O–H groups in total. The molecule has 0 aliphatic heterocycles. The minimum Gasteiger partial charge on any atom is -0.456 e. The Hall–Kier alpha value is -4.51. The van der Waals surface area contributed by atoms with Gasteiger partial charge in [0.05, 0.1) is 32.7 Å². The predicted octanol–water partition coefficient (Wildman–Crippen LogP) is 4.82. The van der Waals surface area contributed by atoms with Gasteiger partial charge < -0.3 is 8.82 Å². The Morgan fingerprint density at radius 3 is 1.94 bits per heavy atom. The second-order valence-electron chi connectivity index (χ2n) is 8.01. The summed E-state index contributed by atoms with van der Waals surface area (Å²) in [5.41, 5.74) is 2.21. The first kappa shape index (κ1) is 17.2. The Morgan fingerprint density at radius 1 is 0.500 bits per heavy atom. The molecule has 5 heteroatoms. The third kappa shape index (κ3) is 2.00. The zero-order valence-corrected chi connectivity index (χ0v) is 16.6. The van der Waals surface area contributed by atoms with E-state index in [4.69, 9.17) is 4.42 Å². The third-order valence-electron chi connectivity index (χ3n) is 6.32. The molecule has 32 heavy (non-hydrogen) atoms. The van der Waals surface area contributed by atoms with Crippen molar-refractivity contribution < 1.29 is 4.42 Å². The van der Waals surface area contributed by atoms with Crippen LogP contribution in [0.4, 0.5) is 0 Å². The van der Waals surface area contributed by atoms with Gasteiger partial charge >= 0.3 is 0 Å². The second kappa shape index (κ2) is 5.80. The summed E-state index contributed by atoms with van der Waals surface area (Å²) in [6, 6.07) is 23.0. The van der Waals surface area contributed by atoms with Crippen molar-refractivity contribution in [2.45, 2.75) is 0 Å². The van der Waals surface area contributed by atoms with Crippen LogP contribution in [0.15, 0.2) is 97.7 Å². The number of hydrogen-bond donors (Lipinski definition) is 0. The summed E-state index contributed by atoms with van der Waals surface area (Å²) >= 11 is 0. The number of aromatic nitrogens is 1. The Labute approximate surface area is 178 Å². The molecule has 0 bridgehead atoms. The van der Waals surface area contributed by atoms with Crippen molar-refractivity contribution in [3.05, 3.63) is 110 Å². The molecule has 0 aliphatic rings. The molecule has 0 amide bonds. The molecule has 3 aromatic heterocycles. The molecule has 0 radical (unpaired) electrons. The van der Waals surface area contributed by atoms with Crippen LogP contribution in [0.3, 0.4) is 0 Å². The molecule has 0 saturated carbocycles. The van der Waals surface area contributed by atoms with Gasteiger partial charge in [0.25, 0.3) is 0 Å². The van der Waals surface area contributed by atoms with Gasteiger partial charge in [-0.05, 0) is 48.5 Å². The van der Waals surface area contributed by atoms with Crippen LogP contribution in [0.1, 0.15) is 0 Å². The molecule has 5 nitrogen and oxygen atoms in total. The van der Waals surface area contributed by atoms with Gasteiger partial charge in [0, 0.05) is 16.2 Å². The van der Waals surface area contributed by atoms with Crippen LogP contribution in [0, 0.1) is 0 Å². The molecule has 0 spiro atoms. The Morgan fingerprint density at radius 2 is 1.12 bits per heavy atom. The summed E-state index contributed by atoms with van der Waals surface area (Å²) in [6.45, 7) is 0. The number of benzene rings is 4. The van der Waals surface area contributed by atoms with Crippen molar-refractivity contribution in [1.29, 1.82) is 0 Å². The van der Waals surface area contributed by atoms with Crippen LogP contribution in [0.2, 0.25) is 0 Å². The molecule has 3 heterocycles. The topological polar surface area (TPSA) is 68.8 Å². The minimum atomic E-state index is -0.196. The summed E-state index contributed by atoms with van der Waals surface area (Å²) < 4.78 is 7.92. The van der Waals surface area contributed by atoms with Crippen LogP contribution in [0.25, 0.3) is 60.0 Å². The van der Waals surface area contributed by atoms with E-state index in [2.05, 4.69) is 0 Å². The van der Waals surface area contributed by atoms with E-state index in [1.165, 1.54) is 0 Å². The SMILES string of the molecule is O=c1c2ccccc2oc2cc3c(=O)c4cccc5c(=O)c6ccccc6n(c3cc12)c54. The molecular weight excluding hydrogens is 402 g/mol. The second-order valence-corrected chi connectivity index (χ2v) is 8.01. The van der Waals surface area contributed by atoms with Gasteiger partial charge in [-0.3, -0.25) is 14.4 Å². The Bertz CT molecular complexity index is 2100. The lowest BCUT2D eigenvalue weighted by molar-refractivity contribution is 0.660. The van der Waals surface area contributed by atoms with Crippen molar-refractivity contribution in [3.8, 4) is 0 Å². The summed E-state index contributed by atoms with van der Waals surface area (Å²) in [7, 11) is 0. The van der Waals surface area contributed by atoms with Crippen LogP contribution in [-0.2, 0) is 0 Å². The van der Waals surface area contributed by atoms with Gasteiger partial charge in [0.1, 0.15) is 11.2 Å². The first-order chi connectivity index (χ1) is 15.6. The van der Waals surface area contributed by atoms with Gasteiger partial charge in [0.2, 0.25) is 5.43 Å². The van der Waals surface area contributed by atoms with Crippen molar-refractivity contribution in [2.24, 2.45) is 0 Å². The van der Waals surface area contributed by atoms with Crippen LogP contribution in [-0.4, -0.2) is 4.40 Å². The molecule has 0 fully saturated rings. The summed E-state index contributed by atoms with van der Waals surface area (Å²) in [5.74, 6) is 0. The smallest absolute Gasteiger partial charge is 0.200 e. The fourth-order valence-corrected chi connectivity index (χ4v) is 4.88. The first-order valence-corrected chi connectivity index (χ1v) is 10.2. The van der Waals surface area contributed by atoms with Crippen LogP contribution >= 0.6 is 0 Å². The first-order valence-electron chi connectivity index (χ1n) is 10.2. The van der Waals surface area contributed by atoms with Crippen molar-refractivity contribution >= 4 is 60.0 Å². The molecular formula is C27H13NO4. The minimum absolute atomic E-state index is 0.115. The largest absolute Gasteiger partial charge is 0.456 e. The maximum absolute atomic E-state index is 13.5. The molecule has 0 unspecified atom stereocenters. The van der Waals surface area contributed by atoms with Crippen molar-refractivity contribution in [2.75, 3.05) is 0 Å². The zero-order valence-electron chi connectivity index (χ0n) is 16.6. The maximum Gasteiger partial charge on any atom is 0.200 e. The highest BCUT2D eigenvalue weighted by Gasteiger charge is 2.18. The van der Waals surface area contributed by atoms with Gasteiger partial charge in [-0.25, -0.2) is 0 Å². The monoisotopic (exact) mass is 415 g/mol. The van der Waals surface area contributed by atoms with Crippen LogP contribution < -0.4 is 16.3 Å². The van der Waals surface area contributed by atoms with E-state index in [9.17, 15) is 14.4 Å². The lowest BCUT2D eigenvalue weighted by Gasteiger charge is -2.14. The molecule has 7 rings (SSSR count). The number of pyridine rings is 2. The number of hydrogen-bond acceptors (Lipinski definition) is 4. The number of fused-ring (bicyclic) bond motifs is 6. The summed E-state index contributed by atoms with van der Waals surface area (Å²) in [4.78, 5) is 39.9. The highest BCUT2D eigenvalue weighted by Crippen LogP contribution is 2.29. The highest BCUT2D eigenvalue weighted by molar-refractivity contribution is 6.09. The number of para-hydroxylation sites is 3. The Balaban J connectivity index is 1.88. The molecule has 150 valence electrons. The predicted molar refractivity (Wildman–Crippen MR) is 127 cm³/mol. The van der Waals surface area contributed by atoms with E-state index in [0.29, 0.717) is 60.0 Å². The maximum atomic E-state index is 13.5. The third-order valence-corrected chi connectivity index (χ3v) is 6.32. The fraction of sp³-hybridized carbons (Fsp3) is 0. The van der Waals surface area contributed by atoms with Crippen molar-refractivity contribution in [3.63, 3.8) is 0 Å². The normalized spacial score (nSPS) is 12.1. The molecule has 7 aromatic rings. The van der Waals surface area contributed by atoms with E-state index >= 15 is 0 Å². The van der Waals surface area contributed by atoms with E-state index < -0.39 is 0 Å². The molecule has 0 aliphatic carbocycles. The fourth-order valence-electron chi connectivity index (χ4n) is 4.88. The van der Waals surface area contributed by atoms with Crippen LogP contribution in [0.5, 0.6) is 0 Å². The quantitative estimate of drug-likeness (QED) is 0.263. The lowest BCUT2D eigenvalue weighted by Crippen LogP contribution is -2.14. The van der Waals surface area contributed by atoms with E-state index in [1.807, 2.05) is 22.6 Å². The average Bonchev–Trinajstić information content (AvgIpc) is 2.83. The van der Waals surface area contributed by atoms with Gasteiger partial charge in [-0.15, -0.1) is 0 Å². The summed E-state index contributed by atoms with van der Waals surface area (Å²) in [5, 5.41) is 2.81. The summed E-state index contributed by atoms with van der Waals surface area (Å²) in [6.07, 6.45) is 0. The average molecular weight is 415 g/mol. The lowest BCUT2D eigenvalue weighted by atomic mass is 10.0. The molecule has 0 saturated heterocycles. The van der Waals surface area contributed by atoms with E-state index in [-0.39, 0.29) is 16.3 Å². The van der Waals surface area contributed by atoms with E-state index in [0.717, 1.165) is 0 Å². The van der Waals surface area contributed by atoms with Gasteiger partial charge in [0.15, 0.2) is 10.9 Å². The highest BCUT2D eigenvalue weighted by atomic mass is 16.3. The van der Waals surface area contributed by atoms with Crippen molar-refractivity contribution in [1.82, 2.24) is 4.40 Å². The molecule has 0 atom stereocenters. The number of nitrogens with zero attached hydrogens (tertiary/aromatic N) is 1. The number of rotatable bonds is 0. The van der Waals surface area contributed by atoms with E-state index in [1.54, 1.807) is 60.7 Å². The zero-order chi connectivity index (χ0) is 21.6. The Kier molecular flexibility index (Phi) is 3.12.